The van der Waals surface area contributed by atoms with Crippen LogP contribution in [0.25, 0.3) is 0 Å². The summed E-state index contributed by atoms with van der Waals surface area (Å²) < 4.78 is 0. The minimum absolute atomic E-state index is 0.430. The van der Waals surface area contributed by atoms with E-state index >= 15 is 0 Å². The number of thioether (sulfide) groups is 1. The maximum Gasteiger partial charge on any atom is 0.102 e. The Morgan fingerprint density at radius 2 is 2.13 bits per heavy atom. The van der Waals surface area contributed by atoms with Crippen molar-refractivity contribution in [1.82, 2.24) is 4.98 Å². The Morgan fingerprint density at radius 3 is 2.73 bits per heavy atom. The van der Waals surface area contributed by atoms with Gasteiger partial charge in [0.05, 0.1) is 6.10 Å². The fourth-order valence-electron chi connectivity index (χ4n) is 1.23. The van der Waals surface area contributed by atoms with Crippen molar-refractivity contribution in [2.75, 3.05) is 5.75 Å². The number of aromatic nitrogens is 1. The third kappa shape index (κ3) is 4.22. The van der Waals surface area contributed by atoms with E-state index in [-0.39, 0.29) is 0 Å². The van der Waals surface area contributed by atoms with Crippen molar-refractivity contribution in [2.24, 2.45) is 5.92 Å². The molecule has 0 aliphatic heterocycles. The van der Waals surface area contributed by atoms with Gasteiger partial charge in [0.2, 0.25) is 0 Å². The van der Waals surface area contributed by atoms with Gasteiger partial charge in [-0.25, -0.2) is 4.98 Å². The summed E-state index contributed by atoms with van der Waals surface area (Å²) in [7, 11) is 0. The van der Waals surface area contributed by atoms with Crippen LogP contribution in [0.1, 0.15) is 38.9 Å². The molecule has 1 aromatic rings. The molecule has 0 saturated heterocycles. The van der Waals surface area contributed by atoms with Gasteiger partial charge in [0.15, 0.2) is 0 Å². The predicted octanol–water partition coefficient (Wildman–Crippen LogP) is 3.27. The van der Waals surface area contributed by atoms with Gasteiger partial charge in [-0.05, 0) is 31.1 Å². The number of aliphatic hydroxyl groups is 1. The Labute approximate surface area is 96.1 Å². The molecule has 0 amide bonds. The number of nitrogens with zero attached hydrogens (tertiary/aromatic N) is 1. The molecular weight excluding hydrogens is 206 g/mol. The lowest BCUT2D eigenvalue weighted by Crippen LogP contribution is -1.97. The summed E-state index contributed by atoms with van der Waals surface area (Å²) >= 11 is 1.73. The number of rotatable bonds is 5. The lowest BCUT2D eigenvalue weighted by molar-refractivity contribution is 0.195. The molecule has 0 aliphatic carbocycles. The normalized spacial score (nSPS) is 13.1. The molecule has 3 heteroatoms. The van der Waals surface area contributed by atoms with Gasteiger partial charge in [-0.15, -0.1) is 11.8 Å². The van der Waals surface area contributed by atoms with Crippen LogP contribution in [0.3, 0.4) is 0 Å². The second-order valence-corrected chi connectivity index (χ2v) is 5.19. The van der Waals surface area contributed by atoms with Crippen molar-refractivity contribution in [3.8, 4) is 0 Å². The zero-order valence-electron chi connectivity index (χ0n) is 9.60. The van der Waals surface area contributed by atoms with Gasteiger partial charge in [0.25, 0.3) is 0 Å². The van der Waals surface area contributed by atoms with E-state index in [0.717, 1.165) is 22.3 Å². The van der Waals surface area contributed by atoms with Crippen molar-refractivity contribution in [2.45, 2.75) is 38.3 Å². The van der Waals surface area contributed by atoms with Crippen LogP contribution in [0, 0.1) is 5.92 Å². The Kier molecular flexibility index (Phi) is 5.12. The van der Waals surface area contributed by atoms with Crippen molar-refractivity contribution in [3.05, 3.63) is 23.9 Å². The number of hydrogen-bond donors (Lipinski definition) is 1. The average molecular weight is 225 g/mol. The van der Waals surface area contributed by atoms with Gasteiger partial charge in [-0.3, -0.25) is 0 Å². The molecule has 0 fully saturated rings. The third-order valence-corrected chi connectivity index (χ3v) is 3.24. The molecule has 0 spiro atoms. The minimum atomic E-state index is -0.430. The molecule has 0 unspecified atom stereocenters. The highest BCUT2D eigenvalue weighted by Crippen LogP contribution is 2.26. The average Bonchev–Trinajstić information content (AvgIpc) is 2.17. The van der Waals surface area contributed by atoms with Crippen molar-refractivity contribution in [3.63, 3.8) is 0 Å². The molecule has 1 atom stereocenters. The summed E-state index contributed by atoms with van der Waals surface area (Å²) in [6.07, 6.45) is 2.53. The highest BCUT2D eigenvalue weighted by Gasteiger charge is 2.08. The SMILES string of the molecule is CC(C)CCSc1ncccc1[C@@H](C)O. The maximum atomic E-state index is 9.56. The summed E-state index contributed by atoms with van der Waals surface area (Å²) in [5, 5.41) is 10.5. The zero-order valence-corrected chi connectivity index (χ0v) is 10.4. The fourth-order valence-corrected chi connectivity index (χ4v) is 2.56. The van der Waals surface area contributed by atoms with Crippen LogP contribution in [0.4, 0.5) is 0 Å². The smallest absolute Gasteiger partial charge is 0.102 e. The first-order valence-electron chi connectivity index (χ1n) is 5.37. The molecule has 1 N–H and O–H groups in total. The highest BCUT2D eigenvalue weighted by atomic mass is 32.2. The van der Waals surface area contributed by atoms with Gasteiger partial charge in [-0.1, -0.05) is 19.9 Å². The lowest BCUT2D eigenvalue weighted by atomic mass is 10.2. The molecule has 2 nitrogen and oxygen atoms in total. The summed E-state index contributed by atoms with van der Waals surface area (Å²) in [6, 6.07) is 3.81. The van der Waals surface area contributed by atoms with E-state index in [1.165, 1.54) is 6.42 Å². The summed E-state index contributed by atoms with van der Waals surface area (Å²) in [5.41, 5.74) is 0.936. The van der Waals surface area contributed by atoms with E-state index < -0.39 is 6.10 Å². The summed E-state index contributed by atoms with van der Waals surface area (Å²) in [6.45, 7) is 6.21. The fraction of sp³-hybridized carbons (Fsp3) is 0.583. The molecule has 1 rings (SSSR count). The molecule has 1 aromatic heterocycles. The van der Waals surface area contributed by atoms with Crippen LogP contribution < -0.4 is 0 Å². The van der Waals surface area contributed by atoms with Gasteiger partial charge in [0, 0.05) is 11.8 Å². The van der Waals surface area contributed by atoms with Gasteiger partial charge in [-0.2, -0.15) is 0 Å². The molecule has 1 heterocycles. The van der Waals surface area contributed by atoms with Crippen LogP contribution in [0.15, 0.2) is 23.4 Å². The monoisotopic (exact) mass is 225 g/mol. The molecule has 0 aliphatic rings. The second-order valence-electron chi connectivity index (χ2n) is 4.10. The van der Waals surface area contributed by atoms with Crippen LogP contribution in [-0.2, 0) is 0 Å². The Bertz CT molecular complexity index is 299. The quantitative estimate of drug-likeness (QED) is 0.781. The van der Waals surface area contributed by atoms with E-state index in [1.54, 1.807) is 24.9 Å². The van der Waals surface area contributed by atoms with Crippen LogP contribution in [0.5, 0.6) is 0 Å². The van der Waals surface area contributed by atoms with Crippen LogP contribution in [-0.4, -0.2) is 15.8 Å². The van der Waals surface area contributed by atoms with Gasteiger partial charge < -0.3 is 5.11 Å². The van der Waals surface area contributed by atoms with Gasteiger partial charge >= 0.3 is 0 Å². The molecule has 0 aromatic carbocycles. The number of aliphatic hydroxyl groups excluding tert-OH is 1. The second kappa shape index (κ2) is 6.13. The Balaban J connectivity index is 2.59. The van der Waals surface area contributed by atoms with E-state index in [1.807, 2.05) is 12.1 Å². The molecule has 0 radical (unpaired) electrons. The predicted molar refractivity (Wildman–Crippen MR) is 65.0 cm³/mol. The van der Waals surface area contributed by atoms with E-state index in [2.05, 4.69) is 18.8 Å². The van der Waals surface area contributed by atoms with E-state index in [0.29, 0.717) is 0 Å². The standard InChI is InChI=1S/C12H19NOS/c1-9(2)6-8-15-12-11(10(3)14)5-4-7-13-12/h4-5,7,9-10,14H,6,8H2,1-3H3/t10-/m1/s1. The molecule has 0 saturated carbocycles. The van der Waals surface area contributed by atoms with Crippen molar-refractivity contribution < 1.29 is 5.11 Å². The van der Waals surface area contributed by atoms with Crippen molar-refractivity contribution in [1.29, 1.82) is 0 Å². The Morgan fingerprint density at radius 1 is 1.40 bits per heavy atom. The molecule has 15 heavy (non-hydrogen) atoms. The minimum Gasteiger partial charge on any atom is -0.389 e. The first-order valence-corrected chi connectivity index (χ1v) is 6.35. The molecule has 84 valence electrons. The summed E-state index contributed by atoms with van der Waals surface area (Å²) in [5.74, 6) is 1.78. The first-order chi connectivity index (χ1) is 7.11. The van der Waals surface area contributed by atoms with Gasteiger partial charge in [0.1, 0.15) is 5.03 Å². The molecular formula is C12H19NOS. The van der Waals surface area contributed by atoms with Crippen LogP contribution in [0.2, 0.25) is 0 Å². The van der Waals surface area contributed by atoms with Crippen LogP contribution >= 0.6 is 11.8 Å². The largest absolute Gasteiger partial charge is 0.389 e. The topological polar surface area (TPSA) is 33.1 Å². The van der Waals surface area contributed by atoms with Crippen molar-refractivity contribution >= 4 is 11.8 Å². The zero-order chi connectivity index (χ0) is 11.3. The highest BCUT2D eigenvalue weighted by molar-refractivity contribution is 7.99. The number of pyridine rings is 1. The summed E-state index contributed by atoms with van der Waals surface area (Å²) in [4.78, 5) is 4.30. The molecule has 0 bridgehead atoms. The Hall–Kier alpha value is -0.540. The first kappa shape index (κ1) is 12.5. The third-order valence-electron chi connectivity index (χ3n) is 2.18. The van der Waals surface area contributed by atoms with E-state index in [9.17, 15) is 5.11 Å². The maximum absolute atomic E-state index is 9.56. The lowest BCUT2D eigenvalue weighted by Gasteiger charge is -2.10. The van der Waals surface area contributed by atoms with E-state index in [4.69, 9.17) is 0 Å². The number of hydrogen-bond acceptors (Lipinski definition) is 3.